The van der Waals surface area contributed by atoms with Gasteiger partial charge in [0, 0.05) is 25.2 Å². The van der Waals surface area contributed by atoms with E-state index in [0.717, 1.165) is 19.5 Å². The predicted octanol–water partition coefficient (Wildman–Crippen LogP) is 0.329. The largest absolute Gasteiger partial charge is 0.375 e. The molecule has 1 aliphatic rings. The number of morpholine rings is 1. The molecule has 6 heteroatoms. The fourth-order valence-corrected chi connectivity index (χ4v) is 1.76. The molecule has 0 radical (unpaired) electrons. The Morgan fingerprint density at radius 3 is 3.23 bits per heavy atom. The third-order valence-electron chi connectivity index (χ3n) is 1.83. The van der Waals surface area contributed by atoms with Crippen molar-refractivity contribution in [3.05, 3.63) is 0 Å². The minimum absolute atomic E-state index is 0.274. The van der Waals surface area contributed by atoms with Crippen LogP contribution in [0.1, 0.15) is 13.3 Å². The number of primary amides is 1. The Balaban J connectivity index is 2.21. The van der Waals surface area contributed by atoms with E-state index < -0.39 is 6.03 Å². The van der Waals surface area contributed by atoms with Crippen molar-refractivity contribution >= 4 is 18.2 Å². The summed E-state index contributed by atoms with van der Waals surface area (Å²) in [5, 5.41) is 0. The van der Waals surface area contributed by atoms with Crippen LogP contribution in [0, 0.1) is 0 Å². The minimum Gasteiger partial charge on any atom is -0.375 e. The molecule has 1 rings (SSSR count). The van der Waals surface area contributed by atoms with E-state index in [9.17, 15) is 4.79 Å². The number of amides is 2. The molecular formula is C7H15N3O2S. The molecule has 1 saturated heterocycles. The van der Waals surface area contributed by atoms with Crippen LogP contribution in [0.5, 0.6) is 0 Å². The van der Waals surface area contributed by atoms with E-state index in [1.54, 1.807) is 0 Å². The number of carbonyl (C=O) groups is 1. The molecule has 76 valence electrons. The number of urea groups is 1. The fourth-order valence-electron chi connectivity index (χ4n) is 1.13. The van der Waals surface area contributed by atoms with Crippen molar-refractivity contribution in [2.75, 3.05) is 19.7 Å². The molecule has 0 aromatic rings. The summed E-state index contributed by atoms with van der Waals surface area (Å²) in [6.07, 6.45) is 1.27. The fraction of sp³-hybridized carbons (Fsp3) is 0.857. The molecule has 0 spiro atoms. The highest BCUT2D eigenvalue weighted by Gasteiger charge is 2.19. The summed E-state index contributed by atoms with van der Waals surface area (Å²) in [5.74, 6) is 0. The summed E-state index contributed by atoms with van der Waals surface area (Å²) in [5.41, 5.74) is 4.95. The van der Waals surface area contributed by atoms with Gasteiger partial charge in [0.1, 0.15) is 0 Å². The Labute approximate surface area is 82.2 Å². The molecule has 13 heavy (non-hydrogen) atoms. The lowest BCUT2D eigenvalue weighted by molar-refractivity contribution is 0.000116. The van der Waals surface area contributed by atoms with Crippen molar-refractivity contribution in [2.45, 2.75) is 19.4 Å². The number of hydrogen-bond acceptors (Lipinski definition) is 4. The van der Waals surface area contributed by atoms with Crippen molar-refractivity contribution in [1.29, 1.82) is 0 Å². The molecule has 1 atom stereocenters. The Bertz CT molecular complexity index is 179. The van der Waals surface area contributed by atoms with E-state index in [1.165, 1.54) is 12.1 Å². The lowest BCUT2D eigenvalue weighted by Crippen LogP contribution is -2.40. The quantitative estimate of drug-likeness (QED) is 0.651. The Kier molecular flexibility index (Phi) is 4.34. The molecule has 1 heterocycles. The van der Waals surface area contributed by atoms with Gasteiger partial charge in [-0.05, 0) is 6.42 Å². The first kappa shape index (κ1) is 10.6. The van der Waals surface area contributed by atoms with Gasteiger partial charge in [0.25, 0.3) is 0 Å². The number of carbonyl (C=O) groups excluding carboxylic acids is 1. The van der Waals surface area contributed by atoms with E-state index >= 15 is 0 Å². The van der Waals surface area contributed by atoms with Gasteiger partial charge in [0.15, 0.2) is 0 Å². The van der Waals surface area contributed by atoms with E-state index in [2.05, 4.69) is 11.6 Å². The molecule has 2 amide bonds. The third-order valence-corrected chi connectivity index (χ3v) is 2.71. The third kappa shape index (κ3) is 3.84. The van der Waals surface area contributed by atoms with Gasteiger partial charge in [-0.15, -0.1) is 0 Å². The van der Waals surface area contributed by atoms with Crippen LogP contribution >= 0.6 is 12.1 Å². The lowest BCUT2D eigenvalue weighted by Gasteiger charge is -2.30. The van der Waals surface area contributed by atoms with Crippen molar-refractivity contribution in [3.63, 3.8) is 0 Å². The molecule has 0 aliphatic carbocycles. The van der Waals surface area contributed by atoms with E-state index in [-0.39, 0.29) is 6.10 Å². The summed E-state index contributed by atoms with van der Waals surface area (Å²) in [7, 11) is 0. The number of nitrogens with two attached hydrogens (primary N) is 1. The van der Waals surface area contributed by atoms with Crippen LogP contribution in [0.25, 0.3) is 0 Å². The standard InChI is InChI=1S/C7H15N3O2S/c1-2-6-5-10(3-4-12-6)13-9-7(8)11/h6H,2-5H2,1H3,(H3,8,9,11). The summed E-state index contributed by atoms with van der Waals surface area (Å²) < 4.78 is 10.00. The summed E-state index contributed by atoms with van der Waals surface area (Å²) in [6.45, 7) is 4.45. The molecule has 0 saturated carbocycles. The van der Waals surface area contributed by atoms with E-state index in [1.807, 2.05) is 4.31 Å². The van der Waals surface area contributed by atoms with Crippen molar-refractivity contribution in [3.8, 4) is 0 Å². The number of nitrogens with one attached hydrogen (secondary N) is 1. The van der Waals surface area contributed by atoms with Gasteiger partial charge in [-0.3, -0.25) is 4.72 Å². The van der Waals surface area contributed by atoms with Crippen LogP contribution in [0.3, 0.4) is 0 Å². The van der Waals surface area contributed by atoms with E-state index in [0.29, 0.717) is 6.61 Å². The van der Waals surface area contributed by atoms with Crippen LogP contribution in [0.4, 0.5) is 4.79 Å². The van der Waals surface area contributed by atoms with Crippen LogP contribution < -0.4 is 10.5 Å². The van der Waals surface area contributed by atoms with Gasteiger partial charge in [-0.2, -0.15) is 0 Å². The zero-order chi connectivity index (χ0) is 9.68. The highest BCUT2D eigenvalue weighted by Crippen LogP contribution is 2.14. The second-order valence-electron chi connectivity index (χ2n) is 2.85. The van der Waals surface area contributed by atoms with Gasteiger partial charge in [0.2, 0.25) is 0 Å². The molecule has 5 nitrogen and oxygen atoms in total. The zero-order valence-corrected chi connectivity index (χ0v) is 8.47. The van der Waals surface area contributed by atoms with Crippen LogP contribution in [0.15, 0.2) is 0 Å². The Hall–Kier alpha value is -0.460. The van der Waals surface area contributed by atoms with Gasteiger partial charge in [-0.1, -0.05) is 6.92 Å². The highest BCUT2D eigenvalue weighted by atomic mass is 32.2. The molecule has 1 aliphatic heterocycles. The van der Waals surface area contributed by atoms with Crippen molar-refractivity contribution in [2.24, 2.45) is 5.73 Å². The first-order valence-corrected chi connectivity index (χ1v) is 5.08. The molecule has 3 N–H and O–H groups in total. The smallest absolute Gasteiger partial charge is 0.323 e. The number of ether oxygens (including phenoxy) is 1. The van der Waals surface area contributed by atoms with Crippen molar-refractivity contribution in [1.82, 2.24) is 9.03 Å². The number of rotatable bonds is 3. The van der Waals surface area contributed by atoms with Gasteiger partial charge in [-0.25, -0.2) is 9.10 Å². The molecule has 0 aromatic carbocycles. The maximum absolute atomic E-state index is 10.4. The van der Waals surface area contributed by atoms with Crippen LogP contribution in [0.2, 0.25) is 0 Å². The zero-order valence-electron chi connectivity index (χ0n) is 7.66. The normalized spacial score (nSPS) is 24.2. The van der Waals surface area contributed by atoms with Crippen LogP contribution in [-0.4, -0.2) is 36.1 Å². The maximum Gasteiger partial charge on any atom is 0.323 e. The van der Waals surface area contributed by atoms with Gasteiger partial charge >= 0.3 is 6.03 Å². The lowest BCUT2D eigenvalue weighted by atomic mass is 10.2. The maximum atomic E-state index is 10.4. The van der Waals surface area contributed by atoms with E-state index in [4.69, 9.17) is 10.5 Å². The Morgan fingerprint density at radius 2 is 2.62 bits per heavy atom. The highest BCUT2D eigenvalue weighted by molar-refractivity contribution is 7.95. The second kappa shape index (κ2) is 5.31. The summed E-state index contributed by atoms with van der Waals surface area (Å²) in [6, 6.07) is -0.510. The topological polar surface area (TPSA) is 67.6 Å². The minimum atomic E-state index is -0.510. The molecular weight excluding hydrogens is 190 g/mol. The van der Waals surface area contributed by atoms with Gasteiger partial charge < -0.3 is 10.5 Å². The average Bonchev–Trinajstić information content (AvgIpc) is 2.15. The summed E-state index contributed by atoms with van der Waals surface area (Å²) in [4.78, 5) is 10.4. The monoisotopic (exact) mass is 205 g/mol. The Morgan fingerprint density at radius 1 is 1.85 bits per heavy atom. The molecule has 0 aromatic heterocycles. The predicted molar refractivity (Wildman–Crippen MR) is 51.9 cm³/mol. The SMILES string of the molecule is CCC1CN(SNC(N)=O)CCO1. The first-order chi connectivity index (χ1) is 6.22. The molecule has 1 fully saturated rings. The number of nitrogens with zero attached hydrogens (tertiary/aromatic N) is 1. The molecule has 1 unspecified atom stereocenters. The van der Waals surface area contributed by atoms with Crippen molar-refractivity contribution < 1.29 is 9.53 Å². The average molecular weight is 205 g/mol. The van der Waals surface area contributed by atoms with Gasteiger partial charge in [0.05, 0.1) is 12.7 Å². The molecule has 0 bridgehead atoms. The first-order valence-electron chi connectivity index (χ1n) is 4.31. The van der Waals surface area contributed by atoms with Crippen LogP contribution in [-0.2, 0) is 4.74 Å². The number of hydrogen-bond donors (Lipinski definition) is 2. The summed E-state index contributed by atoms with van der Waals surface area (Å²) >= 11 is 1.25. The second-order valence-corrected chi connectivity index (χ2v) is 3.75.